The minimum absolute atomic E-state index is 0.277. The zero-order valence-electron chi connectivity index (χ0n) is 15.9. The third-order valence-electron chi connectivity index (χ3n) is 4.72. The van der Waals surface area contributed by atoms with Gasteiger partial charge in [-0.2, -0.15) is 17.6 Å². The van der Waals surface area contributed by atoms with E-state index >= 15 is 0 Å². The molecule has 0 spiro atoms. The molecule has 0 saturated carbocycles. The number of hydrogen-bond donors (Lipinski definition) is 0. The zero-order chi connectivity index (χ0) is 19.9. The second-order valence-electron chi connectivity index (χ2n) is 6.83. The molecular weight excluding hydrogens is 388 g/mol. The molecule has 142 valence electrons. The number of rotatable bonds is 4. The van der Waals surface area contributed by atoms with Crippen LogP contribution in [0.4, 0.5) is 0 Å². The molecule has 0 atom stereocenters. The molecule has 0 bridgehead atoms. The van der Waals surface area contributed by atoms with Crippen LogP contribution in [-0.2, 0) is 10.0 Å². The third kappa shape index (κ3) is 3.19. The molecule has 0 amide bonds. The first-order chi connectivity index (χ1) is 13.4. The Balaban J connectivity index is 2.00. The van der Waals surface area contributed by atoms with E-state index in [-0.39, 0.29) is 4.21 Å². The first-order valence-corrected chi connectivity index (χ1v) is 11.2. The van der Waals surface area contributed by atoms with Crippen LogP contribution < -0.4 is 0 Å². The second-order valence-corrected chi connectivity index (χ2v) is 9.78. The molecule has 0 aliphatic carbocycles. The molecule has 2 aromatic heterocycles. The smallest absolute Gasteiger partial charge is 0.198 e. The number of nitrogens with zero attached hydrogens (tertiary/aromatic N) is 2. The Hall–Kier alpha value is -2.70. The highest BCUT2D eigenvalue weighted by atomic mass is 32.2. The van der Waals surface area contributed by atoms with Gasteiger partial charge in [-0.15, -0.1) is 11.3 Å². The van der Waals surface area contributed by atoms with E-state index in [2.05, 4.69) is 5.10 Å². The highest BCUT2D eigenvalue weighted by Crippen LogP contribution is 2.35. The van der Waals surface area contributed by atoms with Crippen molar-refractivity contribution in [1.82, 2.24) is 9.19 Å². The van der Waals surface area contributed by atoms with Gasteiger partial charge >= 0.3 is 0 Å². The molecule has 0 fully saturated rings. The maximum Gasteiger partial charge on any atom is 0.293 e. The number of aromatic nitrogens is 2. The lowest BCUT2D eigenvalue weighted by atomic mass is 10.0. The number of benzene rings is 2. The fourth-order valence-corrected chi connectivity index (χ4v) is 5.57. The van der Waals surface area contributed by atoms with Gasteiger partial charge in [0.1, 0.15) is 4.21 Å². The summed E-state index contributed by atoms with van der Waals surface area (Å²) in [7, 11) is -3.78. The predicted octanol–water partition coefficient (Wildman–Crippen LogP) is 5.44. The molecule has 6 heteroatoms. The molecule has 4 rings (SSSR count). The quantitative estimate of drug-likeness (QED) is 0.452. The van der Waals surface area contributed by atoms with Crippen molar-refractivity contribution in [2.24, 2.45) is 0 Å². The molecule has 2 aromatic carbocycles. The van der Waals surface area contributed by atoms with Gasteiger partial charge in [0.2, 0.25) is 0 Å². The van der Waals surface area contributed by atoms with E-state index in [0.29, 0.717) is 11.4 Å². The van der Waals surface area contributed by atoms with Crippen LogP contribution in [0.25, 0.3) is 22.5 Å². The highest BCUT2D eigenvalue weighted by Gasteiger charge is 2.27. The molecule has 0 aliphatic rings. The van der Waals surface area contributed by atoms with Gasteiger partial charge in [0.05, 0.1) is 11.4 Å². The normalized spacial score (nSPS) is 11.7. The molecule has 0 saturated heterocycles. The van der Waals surface area contributed by atoms with Crippen molar-refractivity contribution in [3.05, 3.63) is 82.7 Å². The van der Waals surface area contributed by atoms with Gasteiger partial charge in [-0.05, 0) is 32.2 Å². The van der Waals surface area contributed by atoms with Crippen molar-refractivity contribution in [3.8, 4) is 22.5 Å². The first-order valence-electron chi connectivity index (χ1n) is 8.91. The Labute approximate surface area is 169 Å². The maximum atomic E-state index is 13.3. The largest absolute Gasteiger partial charge is 0.293 e. The van der Waals surface area contributed by atoms with Crippen molar-refractivity contribution in [3.63, 3.8) is 0 Å². The standard InChI is InChI=1S/C22H20N2O2S2/c1-15-6-10-18(11-7-15)21-17(3)22(19-12-8-16(2)9-13-19)24(23-21)28(25,26)20-5-4-14-27-20/h4-14H,1-3H3. The molecule has 28 heavy (non-hydrogen) atoms. The minimum Gasteiger partial charge on any atom is -0.198 e. The van der Waals surface area contributed by atoms with Crippen LogP contribution in [0, 0.1) is 20.8 Å². The van der Waals surface area contributed by atoms with Gasteiger partial charge in [-0.25, -0.2) is 0 Å². The monoisotopic (exact) mass is 408 g/mol. The Bertz CT molecular complexity index is 1220. The lowest BCUT2D eigenvalue weighted by molar-refractivity contribution is 0.583. The van der Waals surface area contributed by atoms with Crippen LogP contribution in [0.2, 0.25) is 0 Å². The summed E-state index contributed by atoms with van der Waals surface area (Å²) in [5.41, 5.74) is 6.11. The van der Waals surface area contributed by atoms with E-state index in [1.54, 1.807) is 17.5 Å². The van der Waals surface area contributed by atoms with E-state index in [9.17, 15) is 8.42 Å². The maximum absolute atomic E-state index is 13.3. The second kappa shape index (κ2) is 7.04. The summed E-state index contributed by atoms with van der Waals surface area (Å²) in [4.78, 5) is 0. The van der Waals surface area contributed by atoms with Crippen LogP contribution in [0.1, 0.15) is 16.7 Å². The van der Waals surface area contributed by atoms with E-state index in [0.717, 1.165) is 27.8 Å². The molecule has 0 N–H and O–H groups in total. The van der Waals surface area contributed by atoms with Crippen LogP contribution >= 0.6 is 11.3 Å². The Kier molecular flexibility index (Phi) is 4.69. The first kappa shape index (κ1) is 18.7. The van der Waals surface area contributed by atoms with E-state index in [4.69, 9.17) is 0 Å². The molecule has 4 aromatic rings. The van der Waals surface area contributed by atoms with Gasteiger partial charge in [-0.3, -0.25) is 0 Å². The summed E-state index contributed by atoms with van der Waals surface area (Å²) >= 11 is 1.20. The summed E-state index contributed by atoms with van der Waals surface area (Å²) in [6, 6.07) is 19.2. The molecule has 0 unspecified atom stereocenters. The van der Waals surface area contributed by atoms with E-state index in [1.165, 1.54) is 15.4 Å². The number of aryl methyl sites for hydroxylation is 2. The molecule has 4 nitrogen and oxygen atoms in total. The van der Waals surface area contributed by atoms with Crippen molar-refractivity contribution in [2.75, 3.05) is 0 Å². The average Bonchev–Trinajstić information content (AvgIpc) is 3.32. The predicted molar refractivity (Wildman–Crippen MR) is 114 cm³/mol. The summed E-state index contributed by atoms with van der Waals surface area (Å²) in [6.07, 6.45) is 0. The van der Waals surface area contributed by atoms with Crippen molar-refractivity contribution in [1.29, 1.82) is 0 Å². The molecule has 0 aliphatic heterocycles. The number of thiophene rings is 1. The van der Waals surface area contributed by atoms with Gasteiger partial charge in [-0.1, -0.05) is 65.7 Å². The van der Waals surface area contributed by atoms with E-state index < -0.39 is 10.0 Å². The van der Waals surface area contributed by atoms with Crippen LogP contribution in [-0.4, -0.2) is 17.6 Å². The van der Waals surface area contributed by atoms with Crippen molar-refractivity contribution in [2.45, 2.75) is 25.0 Å². The molecule has 0 radical (unpaired) electrons. The zero-order valence-corrected chi connectivity index (χ0v) is 17.5. The SMILES string of the molecule is Cc1ccc(-c2nn(S(=O)(=O)c3cccs3)c(-c3ccc(C)cc3)c2C)cc1. The Morgan fingerprint density at radius 3 is 1.93 bits per heavy atom. The lowest BCUT2D eigenvalue weighted by Crippen LogP contribution is -2.15. The summed E-state index contributed by atoms with van der Waals surface area (Å²) < 4.78 is 28.1. The lowest BCUT2D eigenvalue weighted by Gasteiger charge is -2.08. The van der Waals surface area contributed by atoms with Crippen molar-refractivity contribution >= 4 is 21.4 Å². The van der Waals surface area contributed by atoms with Crippen LogP contribution in [0.5, 0.6) is 0 Å². The van der Waals surface area contributed by atoms with Gasteiger partial charge in [0, 0.05) is 16.7 Å². The Morgan fingerprint density at radius 2 is 1.39 bits per heavy atom. The minimum atomic E-state index is -3.78. The summed E-state index contributed by atoms with van der Waals surface area (Å²) in [5.74, 6) is 0. The van der Waals surface area contributed by atoms with Crippen LogP contribution in [0.15, 0.2) is 70.3 Å². The average molecular weight is 409 g/mol. The fourth-order valence-electron chi connectivity index (χ4n) is 3.16. The van der Waals surface area contributed by atoms with Gasteiger partial charge < -0.3 is 0 Å². The van der Waals surface area contributed by atoms with E-state index in [1.807, 2.05) is 69.3 Å². The van der Waals surface area contributed by atoms with Crippen molar-refractivity contribution < 1.29 is 8.42 Å². The van der Waals surface area contributed by atoms with Gasteiger partial charge in [0.15, 0.2) is 0 Å². The summed E-state index contributed by atoms with van der Waals surface area (Å²) in [5, 5.41) is 6.33. The topological polar surface area (TPSA) is 52.0 Å². The van der Waals surface area contributed by atoms with Gasteiger partial charge in [0.25, 0.3) is 10.0 Å². The number of hydrogen-bond acceptors (Lipinski definition) is 4. The highest BCUT2D eigenvalue weighted by molar-refractivity contribution is 7.92. The van der Waals surface area contributed by atoms with Crippen LogP contribution in [0.3, 0.4) is 0 Å². The summed E-state index contributed by atoms with van der Waals surface area (Å²) in [6.45, 7) is 5.96. The Morgan fingerprint density at radius 1 is 0.821 bits per heavy atom. The third-order valence-corrected chi connectivity index (χ3v) is 7.67. The molecule has 2 heterocycles. The fraction of sp³-hybridized carbons (Fsp3) is 0.136. The molecular formula is C22H20N2O2S2.